The van der Waals surface area contributed by atoms with Crippen LogP contribution in [0.15, 0.2) is 24.4 Å². The summed E-state index contributed by atoms with van der Waals surface area (Å²) in [6, 6.07) is 4.10. The van der Waals surface area contributed by atoms with Gasteiger partial charge in [-0.15, -0.1) is 5.10 Å². The largest absolute Gasteiger partial charge is 0.308 e. The van der Waals surface area contributed by atoms with E-state index < -0.39 is 11.6 Å². The highest BCUT2D eigenvalue weighted by Gasteiger charge is 2.18. The molecule has 1 heterocycles. The fraction of sp³-hybridized carbons (Fsp3) is 0.429. The van der Waals surface area contributed by atoms with Gasteiger partial charge in [0, 0.05) is 7.05 Å². The Hall–Kier alpha value is -1.82. The summed E-state index contributed by atoms with van der Waals surface area (Å²) in [6.45, 7) is 2.83. The van der Waals surface area contributed by atoms with E-state index in [9.17, 15) is 8.78 Å². The first-order valence-corrected chi connectivity index (χ1v) is 6.64. The summed E-state index contributed by atoms with van der Waals surface area (Å²) in [5.74, 6) is -1.61. The van der Waals surface area contributed by atoms with Crippen molar-refractivity contribution in [2.75, 3.05) is 6.54 Å². The third-order valence-corrected chi connectivity index (χ3v) is 3.20. The number of aryl methyl sites for hydroxylation is 1. The average molecular weight is 280 g/mol. The lowest BCUT2D eigenvalue weighted by Crippen LogP contribution is -2.26. The molecular weight excluding hydrogens is 262 g/mol. The van der Waals surface area contributed by atoms with E-state index in [-0.39, 0.29) is 6.04 Å². The second-order valence-corrected chi connectivity index (χ2v) is 4.71. The van der Waals surface area contributed by atoms with Gasteiger partial charge in [-0.3, -0.25) is 4.68 Å². The summed E-state index contributed by atoms with van der Waals surface area (Å²) < 4.78 is 28.7. The van der Waals surface area contributed by atoms with Crippen molar-refractivity contribution in [3.63, 3.8) is 0 Å². The second-order valence-electron chi connectivity index (χ2n) is 4.71. The highest BCUT2D eigenvalue weighted by molar-refractivity contribution is 5.21. The number of nitrogens with one attached hydrogen (secondary N) is 1. The molecule has 1 atom stereocenters. The highest BCUT2D eigenvalue weighted by Crippen LogP contribution is 2.20. The Morgan fingerprint density at radius 2 is 2.15 bits per heavy atom. The first-order chi connectivity index (χ1) is 9.63. The van der Waals surface area contributed by atoms with E-state index in [0.29, 0.717) is 12.0 Å². The number of hydrogen-bond donors (Lipinski definition) is 1. The van der Waals surface area contributed by atoms with Gasteiger partial charge in [0.2, 0.25) is 0 Å². The van der Waals surface area contributed by atoms with Crippen molar-refractivity contribution in [2.45, 2.75) is 25.8 Å². The molecule has 0 aliphatic carbocycles. The summed E-state index contributed by atoms with van der Waals surface area (Å²) >= 11 is 0. The molecule has 4 nitrogen and oxygen atoms in total. The van der Waals surface area contributed by atoms with E-state index >= 15 is 0 Å². The Labute approximate surface area is 116 Å². The van der Waals surface area contributed by atoms with Crippen LogP contribution in [0.4, 0.5) is 8.78 Å². The fourth-order valence-corrected chi connectivity index (χ4v) is 2.14. The van der Waals surface area contributed by atoms with Crippen LogP contribution in [0.2, 0.25) is 0 Å². The van der Waals surface area contributed by atoms with Gasteiger partial charge in [-0.2, -0.15) is 0 Å². The zero-order valence-corrected chi connectivity index (χ0v) is 11.6. The molecular formula is C14H18F2N4. The average Bonchev–Trinajstić information content (AvgIpc) is 2.85. The highest BCUT2D eigenvalue weighted by atomic mass is 19.2. The third-order valence-electron chi connectivity index (χ3n) is 3.20. The van der Waals surface area contributed by atoms with Crippen molar-refractivity contribution in [1.29, 1.82) is 0 Å². The Morgan fingerprint density at radius 3 is 2.80 bits per heavy atom. The minimum atomic E-state index is -0.820. The third kappa shape index (κ3) is 3.19. The zero-order chi connectivity index (χ0) is 14.5. The molecule has 1 unspecified atom stereocenters. The number of hydrogen-bond acceptors (Lipinski definition) is 3. The summed E-state index contributed by atoms with van der Waals surface area (Å²) in [7, 11) is 1.78. The number of rotatable bonds is 6. The molecule has 20 heavy (non-hydrogen) atoms. The van der Waals surface area contributed by atoms with Crippen LogP contribution < -0.4 is 5.32 Å². The van der Waals surface area contributed by atoms with Crippen molar-refractivity contribution >= 4 is 0 Å². The van der Waals surface area contributed by atoms with Crippen LogP contribution in [0.5, 0.6) is 0 Å². The predicted octanol–water partition coefficient (Wildman–Crippen LogP) is 2.38. The summed E-state index contributed by atoms with van der Waals surface area (Å²) in [4.78, 5) is 0. The molecule has 1 aromatic heterocycles. The molecule has 1 aromatic carbocycles. The lowest BCUT2D eigenvalue weighted by atomic mass is 10.0. The molecule has 0 spiro atoms. The van der Waals surface area contributed by atoms with Crippen LogP contribution in [-0.2, 0) is 13.5 Å². The van der Waals surface area contributed by atoms with Crippen LogP contribution in [0.25, 0.3) is 0 Å². The number of halogens is 2. The van der Waals surface area contributed by atoms with Gasteiger partial charge in [0.1, 0.15) is 0 Å². The minimum Gasteiger partial charge on any atom is -0.308 e. The van der Waals surface area contributed by atoms with Crippen LogP contribution in [-0.4, -0.2) is 21.5 Å². The Kier molecular flexibility index (Phi) is 4.79. The Morgan fingerprint density at radius 1 is 1.35 bits per heavy atom. The minimum absolute atomic E-state index is 0.147. The van der Waals surface area contributed by atoms with Gasteiger partial charge >= 0.3 is 0 Å². The molecule has 2 aromatic rings. The second kappa shape index (κ2) is 6.56. The normalized spacial score (nSPS) is 12.6. The van der Waals surface area contributed by atoms with Crippen molar-refractivity contribution in [1.82, 2.24) is 20.3 Å². The first kappa shape index (κ1) is 14.6. The molecule has 108 valence electrons. The number of nitrogens with zero attached hydrogens (tertiary/aromatic N) is 3. The smallest absolute Gasteiger partial charge is 0.162 e. The molecule has 0 aliphatic heterocycles. The van der Waals surface area contributed by atoms with Crippen LogP contribution in [0, 0.1) is 11.6 Å². The molecule has 0 saturated carbocycles. The van der Waals surface area contributed by atoms with E-state index in [1.807, 2.05) is 6.92 Å². The van der Waals surface area contributed by atoms with Crippen molar-refractivity contribution < 1.29 is 8.78 Å². The van der Waals surface area contributed by atoms with Crippen molar-refractivity contribution in [3.05, 3.63) is 47.3 Å². The summed E-state index contributed by atoms with van der Waals surface area (Å²) in [5.41, 5.74) is 1.20. The van der Waals surface area contributed by atoms with Gasteiger partial charge in [-0.25, -0.2) is 8.78 Å². The topological polar surface area (TPSA) is 42.7 Å². The van der Waals surface area contributed by atoms with Gasteiger partial charge < -0.3 is 5.32 Å². The molecule has 0 radical (unpaired) electrons. The maximum absolute atomic E-state index is 13.8. The van der Waals surface area contributed by atoms with E-state index in [1.54, 1.807) is 24.0 Å². The molecule has 0 fully saturated rings. The molecule has 2 rings (SSSR count). The van der Waals surface area contributed by atoms with E-state index in [1.165, 1.54) is 6.07 Å². The standard InChI is InChI=1S/C14H18F2N4/c1-3-7-17-12(13-9-18-19-20(13)2)8-10-5-4-6-11(15)14(10)16/h4-6,9,12,17H,3,7-8H2,1-2H3. The number of aromatic nitrogens is 3. The van der Waals surface area contributed by atoms with Gasteiger partial charge in [0.15, 0.2) is 11.6 Å². The molecule has 0 amide bonds. The van der Waals surface area contributed by atoms with Gasteiger partial charge in [0.05, 0.1) is 17.9 Å². The van der Waals surface area contributed by atoms with Gasteiger partial charge in [-0.1, -0.05) is 24.3 Å². The first-order valence-electron chi connectivity index (χ1n) is 6.64. The molecule has 0 aliphatic rings. The lowest BCUT2D eigenvalue weighted by molar-refractivity contribution is 0.463. The Balaban J connectivity index is 2.24. The van der Waals surface area contributed by atoms with Gasteiger partial charge in [-0.05, 0) is 31.0 Å². The Bertz CT molecular complexity index is 568. The van der Waals surface area contributed by atoms with Gasteiger partial charge in [0.25, 0.3) is 0 Å². The monoisotopic (exact) mass is 280 g/mol. The maximum Gasteiger partial charge on any atom is 0.162 e. The van der Waals surface area contributed by atoms with E-state index in [4.69, 9.17) is 0 Å². The SMILES string of the molecule is CCCNC(Cc1cccc(F)c1F)c1cnnn1C. The van der Waals surface area contributed by atoms with E-state index in [2.05, 4.69) is 15.6 Å². The quantitative estimate of drug-likeness (QED) is 0.883. The van der Waals surface area contributed by atoms with Crippen molar-refractivity contribution in [2.24, 2.45) is 7.05 Å². The zero-order valence-electron chi connectivity index (χ0n) is 11.6. The fourth-order valence-electron chi connectivity index (χ4n) is 2.14. The lowest BCUT2D eigenvalue weighted by Gasteiger charge is -2.18. The summed E-state index contributed by atoms with van der Waals surface area (Å²) in [5, 5.41) is 11.0. The number of benzene rings is 1. The maximum atomic E-state index is 13.8. The van der Waals surface area contributed by atoms with Crippen LogP contribution in [0.3, 0.4) is 0 Å². The predicted molar refractivity (Wildman–Crippen MR) is 72.1 cm³/mol. The van der Waals surface area contributed by atoms with Crippen LogP contribution >= 0.6 is 0 Å². The van der Waals surface area contributed by atoms with Crippen LogP contribution in [0.1, 0.15) is 30.6 Å². The summed E-state index contributed by atoms with van der Waals surface area (Å²) in [6.07, 6.45) is 2.95. The molecule has 0 bridgehead atoms. The van der Waals surface area contributed by atoms with Crippen molar-refractivity contribution in [3.8, 4) is 0 Å². The molecule has 1 N–H and O–H groups in total. The molecule has 6 heteroatoms. The molecule has 0 saturated heterocycles. The van der Waals surface area contributed by atoms with E-state index in [0.717, 1.165) is 24.7 Å².